The first kappa shape index (κ1) is 19.5. The van der Waals surface area contributed by atoms with Crippen LogP contribution in [0.25, 0.3) is 0 Å². The van der Waals surface area contributed by atoms with Crippen LogP contribution in [-0.4, -0.2) is 40.4 Å². The van der Waals surface area contributed by atoms with Crippen LogP contribution in [0.3, 0.4) is 0 Å². The largest absolute Gasteiger partial charge is 0.490 e. The van der Waals surface area contributed by atoms with Gasteiger partial charge in [-0.25, -0.2) is 0 Å². The minimum Gasteiger partial charge on any atom is -0.490 e. The van der Waals surface area contributed by atoms with Gasteiger partial charge in [0.2, 0.25) is 0 Å². The van der Waals surface area contributed by atoms with Crippen molar-refractivity contribution in [3.05, 3.63) is 23.8 Å². The molecule has 5 nitrogen and oxygen atoms in total. The summed E-state index contributed by atoms with van der Waals surface area (Å²) in [7, 11) is -0.983. The van der Waals surface area contributed by atoms with E-state index in [9.17, 15) is 9.00 Å². The summed E-state index contributed by atoms with van der Waals surface area (Å²) in [5.74, 6) is 1.41. The van der Waals surface area contributed by atoms with Crippen molar-refractivity contribution in [2.45, 2.75) is 39.4 Å². The van der Waals surface area contributed by atoms with E-state index in [4.69, 9.17) is 9.47 Å². The molecule has 0 bridgehead atoms. The highest BCUT2D eigenvalue weighted by atomic mass is 32.2. The summed E-state index contributed by atoms with van der Waals surface area (Å²) in [4.78, 5) is 12.2. The molecular formula is C17H27NO4S. The highest BCUT2D eigenvalue weighted by molar-refractivity contribution is 7.86. The molecule has 0 aromatic heterocycles. The average Bonchev–Trinajstić information content (AvgIpc) is 2.48. The fraction of sp³-hybridized carbons (Fsp3) is 0.588. The summed E-state index contributed by atoms with van der Waals surface area (Å²) in [6, 6.07) is 5.10. The van der Waals surface area contributed by atoms with Crippen molar-refractivity contribution in [1.29, 1.82) is 0 Å². The zero-order valence-electron chi connectivity index (χ0n) is 14.6. The molecule has 0 aliphatic carbocycles. The van der Waals surface area contributed by atoms with Gasteiger partial charge in [-0.3, -0.25) is 9.00 Å². The Kier molecular flexibility index (Phi) is 7.55. The molecule has 1 unspecified atom stereocenters. The Morgan fingerprint density at radius 1 is 1.13 bits per heavy atom. The Hall–Kier alpha value is -1.56. The lowest BCUT2D eigenvalue weighted by atomic mass is 10.2. The third kappa shape index (κ3) is 6.22. The third-order valence-electron chi connectivity index (χ3n) is 3.06. The van der Waals surface area contributed by atoms with E-state index >= 15 is 0 Å². The van der Waals surface area contributed by atoms with Gasteiger partial charge in [0.15, 0.2) is 11.5 Å². The maximum Gasteiger partial charge on any atom is 0.251 e. The summed E-state index contributed by atoms with van der Waals surface area (Å²) >= 11 is 0. The third-order valence-corrected chi connectivity index (χ3v) is 5.00. The van der Waals surface area contributed by atoms with E-state index in [0.717, 1.165) is 0 Å². The maximum absolute atomic E-state index is 12.2. The number of hydrogen-bond acceptors (Lipinski definition) is 4. The quantitative estimate of drug-likeness (QED) is 0.790. The fourth-order valence-corrected chi connectivity index (χ4v) is 2.76. The first-order chi connectivity index (χ1) is 10.8. The Morgan fingerprint density at radius 3 is 2.30 bits per heavy atom. The molecule has 1 rings (SSSR count). The van der Waals surface area contributed by atoms with E-state index < -0.39 is 10.8 Å². The highest BCUT2D eigenvalue weighted by Crippen LogP contribution is 2.28. The van der Waals surface area contributed by atoms with Crippen molar-refractivity contribution in [2.24, 2.45) is 0 Å². The molecule has 0 radical (unpaired) electrons. The second-order valence-corrected chi connectivity index (χ2v) is 8.27. The molecule has 1 aromatic rings. The standard InChI is InChI=1S/C17H27NO4S/c1-6-21-14-9-8-13(12-15(14)22-7-2)16(19)18-10-11-23(20)17(3,4)5/h8-9,12H,6-7,10-11H2,1-5H3,(H,18,19). The van der Waals surface area contributed by atoms with Gasteiger partial charge in [0, 0.05) is 33.4 Å². The summed E-state index contributed by atoms with van der Waals surface area (Å²) in [6.45, 7) is 10.9. The van der Waals surface area contributed by atoms with E-state index in [1.54, 1.807) is 18.2 Å². The molecule has 0 aliphatic rings. The Labute approximate surface area is 141 Å². The van der Waals surface area contributed by atoms with Gasteiger partial charge in [0.1, 0.15) is 0 Å². The molecule has 0 aliphatic heterocycles. The van der Waals surface area contributed by atoms with E-state index in [-0.39, 0.29) is 10.7 Å². The molecule has 0 saturated carbocycles. The molecule has 130 valence electrons. The second kappa shape index (κ2) is 8.91. The van der Waals surface area contributed by atoms with Crippen LogP contribution in [0.1, 0.15) is 45.0 Å². The Bertz CT molecular complexity index is 552. The van der Waals surface area contributed by atoms with Crippen molar-refractivity contribution in [3.63, 3.8) is 0 Å². The second-order valence-electron chi connectivity index (χ2n) is 5.95. The van der Waals surface area contributed by atoms with E-state index in [1.165, 1.54) is 0 Å². The van der Waals surface area contributed by atoms with Crippen molar-refractivity contribution in [3.8, 4) is 11.5 Å². The molecule has 6 heteroatoms. The number of rotatable bonds is 8. The minimum atomic E-state index is -0.983. The molecule has 0 spiro atoms. The van der Waals surface area contributed by atoms with Gasteiger partial charge < -0.3 is 14.8 Å². The molecule has 0 heterocycles. The lowest BCUT2D eigenvalue weighted by Gasteiger charge is -2.17. The molecule has 1 amide bonds. The van der Waals surface area contributed by atoms with Crippen LogP contribution < -0.4 is 14.8 Å². The van der Waals surface area contributed by atoms with Crippen molar-refractivity contribution >= 4 is 16.7 Å². The van der Waals surface area contributed by atoms with E-state index in [1.807, 2.05) is 34.6 Å². The lowest BCUT2D eigenvalue weighted by Crippen LogP contribution is -2.32. The summed E-state index contributed by atoms with van der Waals surface area (Å²) in [5.41, 5.74) is 0.499. The smallest absolute Gasteiger partial charge is 0.251 e. The Morgan fingerprint density at radius 2 is 1.74 bits per heavy atom. The summed E-state index contributed by atoms with van der Waals surface area (Å²) in [5, 5.41) is 2.79. The van der Waals surface area contributed by atoms with Gasteiger partial charge in [0.25, 0.3) is 5.91 Å². The lowest BCUT2D eigenvalue weighted by molar-refractivity contribution is 0.0955. The van der Waals surface area contributed by atoms with Crippen LogP contribution in [-0.2, 0) is 10.8 Å². The molecule has 1 aromatic carbocycles. The van der Waals surface area contributed by atoms with Gasteiger partial charge in [-0.05, 0) is 52.8 Å². The predicted octanol–water partition coefficient (Wildman–Crippen LogP) is 2.76. The molecule has 1 atom stereocenters. The van der Waals surface area contributed by atoms with Crippen LogP contribution in [0.5, 0.6) is 11.5 Å². The number of benzene rings is 1. The van der Waals surface area contributed by atoms with Crippen molar-refractivity contribution in [2.75, 3.05) is 25.5 Å². The van der Waals surface area contributed by atoms with Crippen LogP contribution in [0.15, 0.2) is 18.2 Å². The normalized spacial score (nSPS) is 12.6. The number of ether oxygens (including phenoxy) is 2. The number of amides is 1. The van der Waals surface area contributed by atoms with Gasteiger partial charge in [0.05, 0.1) is 13.2 Å². The zero-order chi connectivity index (χ0) is 17.5. The fourth-order valence-electron chi connectivity index (χ4n) is 1.86. The highest BCUT2D eigenvalue weighted by Gasteiger charge is 2.19. The molecule has 23 heavy (non-hydrogen) atoms. The molecule has 0 saturated heterocycles. The number of hydrogen-bond donors (Lipinski definition) is 1. The summed E-state index contributed by atoms with van der Waals surface area (Å²) < 4.78 is 22.7. The number of carbonyl (C=O) groups excluding carboxylic acids is 1. The zero-order valence-corrected chi connectivity index (χ0v) is 15.4. The van der Waals surface area contributed by atoms with Crippen molar-refractivity contribution in [1.82, 2.24) is 5.32 Å². The van der Waals surface area contributed by atoms with Gasteiger partial charge in [-0.15, -0.1) is 0 Å². The van der Waals surface area contributed by atoms with Crippen LogP contribution in [0, 0.1) is 0 Å². The number of nitrogens with one attached hydrogen (secondary N) is 1. The summed E-state index contributed by atoms with van der Waals surface area (Å²) in [6.07, 6.45) is 0. The average molecular weight is 341 g/mol. The van der Waals surface area contributed by atoms with Gasteiger partial charge in [-0.1, -0.05) is 0 Å². The SMILES string of the molecule is CCOc1ccc(C(=O)NCCS(=O)C(C)(C)C)cc1OCC. The monoisotopic (exact) mass is 341 g/mol. The first-order valence-electron chi connectivity index (χ1n) is 7.85. The van der Waals surface area contributed by atoms with Crippen LogP contribution in [0.4, 0.5) is 0 Å². The van der Waals surface area contributed by atoms with E-state index in [2.05, 4.69) is 5.32 Å². The molecule has 0 fully saturated rings. The maximum atomic E-state index is 12.2. The first-order valence-corrected chi connectivity index (χ1v) is 9.17. The van der Waals surface area contributed by atoms with E-state index in [0.29, 0.717) is 42.6 Å². The van der Waals surface area contributed by atoms with Crippen LogP contribution >= 0.6 is 0 Å². The van der Waals surface area contributed by atoms with Gasteiger partial charge >= 0.3 is 0 Å². The molecular weight excluding hydrogens is 314 g/mol. The van der Waals surface area contributed by atoms with Gasteiger partial charge in [-0.2, -0.15) is 0 Å². The number of carbonyl (C=O) groups is 1. The molecule has 1 N–H and O–H groups in total. The van der Waals surface area contributed by atoms with Crippen LogP contribution in [0.2, 0.25) is 0 Å². The predicted molar refractivity (Wildman–Crippen MR) is 93.9 cm³/mol. The minimum absolute atomic E-state index is 0.208. The Balaban J connectivity index is 2.69. The van der Waals surface area contributed by atoms with Crippen molar-refractivity contribution < 1.29 is 18.5 Å². The topological polar surface area (TPSA) is 64.6 Å².